The Morgan fingerprint density at radius 2 is 1.74 bits per heavy atom. The largest absolute Gasteiger partial charge is 0.494 e. The van der Waals surface area contributed by atoms with Crippen molar-refractivity contribution in [2.75, 3.05) is 13.2 Å². The van der Waals surface area contributed by atoms with Gasteiger partial charge in [-0.1, -0.05) is 0 Å². The first-order chi connectivity index (χ1) is 10.9. The van der Waals surface area contributed by atoms with E-state index >= 15 is 0 Å². The molecule has 1 amide bonds. The third-order valence-corrected chi connectivity index (χ3v) is 2.86. The zero-order chi connectivity index (χ0) is 17.2. The molecule has 0 aliphatic rings. The van der Waals surface area contributed by atoms with Crippen molar-refractivity contribution >= 4 is 17.7 Å². The molecule has 0 aliphatic heterocycles. The number of benzene rings is 1. The average molecular weight is 321 g/mol. The normalized spacial score (nSPS) is 10.3. The van der Waals surface area contributed by atoms with Crippen LogP contribution < -0.4 is 10.1 Å². The molecule has 1 aromatic rings. The highest BCUT2D eigenvalue weighted by Gasteiger charge is 2.12. The summed E-state index contributed by atoms with van der Waals surface area (Å²) in [4.78, 5) is 34.8. The Bertz CT molecular complexity index is 536. The fourth-order valence-electron chi connectivity index (χ4n) is 1.85. The van der Waals surface area contributed by atoms with Crippen LogP contribution in [0.4, 0.5) is 0 Å². The SMILES string of the molecule is CCOc1ccc(C(=O)CCC(=O)OCC(=O)NC(C)C)cc1. The van der Waals surface area contributed by atoms with Crippen molar-refractivity contribution in [2.24, 2.45) is 0 Å². The van der Waals surface area contributed by atoms with E-state index in [2.05, 4.69) is 5.32 Å². The van der Waals surface area contributed by atoms with Gasteiger partial charge in [0.15, 0.2) is 12.4 Å². The third-order valence-electron chi connectivity index (χ3n) is 2.86. The van der Waals surface area contributed by atoms with Gasteiger partial charge >= 0.3 is 5.97 Å². The van der Waals surface area contributed by atoms with E-state index in [1.165, 1.54) is 0 Å². The molecular weight excluding hydrogens is 298 g/mol. The molecule has 0 fully saturated rings. The van der Waals surface area contributed by atoms with E-state index in [0.717, 1.165) is 0 Å². The number of hydrogen-bond donors (Lipinski definition) is 1. The summed E-state index contributed by atoms with van der Waals surface area (Å²) in [6, 6.07) is 6.74. The molecule has 0 heterocycles. The Hall–Kier alpha value is -2.37. The Kier molecular flexibility index (Phi) is 7.80. The number of esters is 1. The Morgan fingerprint density at radius 1 is 1.09 bits per heavy atom. The molecule has 1 aromatic carbocycles. The molecule has 23 heavy (non-hydrogen) atoms. The molecule has 0 saturated carbocycles. The van der Waals surface area contributed by atoms with Gasteiger partial charge in [-0.05, 0) is 45.0 Å². The highest BCUT2D eigenvalue weighted by Crippen LogP contribution is 2.14. The molecule has 0 spiro atoms. The van der Waals surface area contributed by atoms with Crippen molar-refractivity contribution < 1.29 is 23.9 Å². The summed E-state index contributed by atoms with van der Waals surface area (Å²) in [6.07, 6.45) is -0.0143. The van der Waals surface area contributed by atoms with Crippen LogP contribution in [0.25, 0.3) is 0 Å². The monoisotopic (exact) mass is 321 g/mol. The van der Waals surface area contributed by atoms with E-state index in [-0.39, 0.29) is 37.2 Å². The number of ketones is 1. The lowest BCUT2D eigenvalue weighted by Gasteiger charge is -2.08. The van der Waals surface area contributed by atoms with Crippen molar-refractivity contribution in [3.05, 3.63) is 29.8 Å². The van der Waals surface area contributed by atoms with Crippen LogP contribution in [0.2, 0.25) is 0 Å². The Morgan fingerprint density at radius 3 is 2.30 bits per heavy atom. The predicted molar refractivity (Wildman–Crippen MR) is 85.4 cm³/mol. The highest BCUT2D eigenvalue weighted by atomic mass is 16.5. The lowest BCUT2D eigenvalue weighted by molar-refractivity contribution is -0.148. The minimum Gasteiger partial charge on any atom is -0.494 e. The van der Waals surface area contributed by atoms with Gasteiger partial charge in [-0.3, -0.25) is 14.4 Å². The van der Waals surface area contributed by atoms with Crippen LogP contribution >= 0.6 is 0 Å². The zero-order valence-corrected chi connectivity index (χ0v) is 13.8. The molecule has 0 saturated heterocycles. The van der Waals surface area contributed by atoms with Crippen LogP contribution in [0.5, 0.6) is 5.75 Å². The minimum atomic E-state index is -0.566. The van der Waals surface area contributed by atoms with Gasteiger partial charge in [0.25, 0.3) is 5.91 Å². The predicted octanol–water partition coefficient (Wildman–Crippen LogP) is 2.12. The number of Topliss-reactive ketones (excluding diaryl/α,β-unsaturated/α-hetero) is 1. The fourth-order valence-corrected chi connectivity index (χ4v) is 1.85. The van der Waals surface area contributed by atoms with Gasteiger partial charge < -0.3 is 14.8 Å². The minimum absolute atomic E-state index is 0.0116. The van der Waals surface area contributed by atoms with Crippen LogP contribution in [0.1, 0.15) is 44.0 Å². The van der Waals surface area contributed by atoms with Crippen LogP contribution in [0.3, 0.4) is 0 Å². The van der Waals surface area contributed by atoms with Crippen molar-refractivity contribution in [1.82, 2.24) is 5.32 Å². The van der Waals surface area contributed by atoms with Crippen LogP contribution in [-0.2, 0) is 14.3 Å². The van der Waals surface area contributed by atoms with Gasteiger partial charge in [-0.15, -0.1) is 0 Å². The maximum Gasteiger partial charge on any atom is 0.306 e. The summed E-state index contributed by atoms with van der Waals surface area (Å²) in [5, 5.41) is 2.61. The quantitative estimate of drug-likeness (QED) is 0.556. The van der Waals surface area contributed by atoms with E-state index in [9.17, 15) is 14.4 Å². The molecule has 6 heteroatoms. The maximum absolute atomic E-state index is 12.0. The third kappa shape index (κ3) is 7.44. The number of hydrogen-bond acceptors (Lipinski definition) is 5. The first kappa shape index (κ1) is 18.7. The van der Waals surface area contributed by atoms with Gasteiger partial charge in [0.2, 0.25) is 0 Å². The van der Waals surface area contributed by atoms with Crippen molar-refractivity contribution in [2.45, 2.75) is 39.7 Å². The lowest BCUT2D eigenvalue weighted by atomic mass is 10.1. The summed E-state index contributed by atoms with van der Waals surface area (Å²) in [5.41, 5.74) is 0.513. The summed E-state index contributed by atoms with van der Waals surface area (Å²) < 4.78 is 10.1. The summed E-state index contributed by atoms with van der Waals surface area (Å²) in [7, 11) is 0. The second-order valence-electron chi connectivity index (χ2n) is 5.26. The van der Waals surface area contributed by atoms with E-state index in [1.54, 1.807) is 24.3 Å². The maximum atomic E-state index is 12.0. The fraction of sp³-hybridized carbons (Fsp3) is 0.471. The second-order valence-corrected chi connectivity index (χ2v) is 5.26. The van der Waals surface area contributed by atoms with Crippen LogP contribution in [-0.4, -0.2) is 36.9 Å². The molecule has 0 aromatic heterocycles. The van der Waals surface area contributed by atoms with Gasteiger partial charge in [0.1, 0.15) is 5.75 Å². The van der Waals surface area contributed by atoms with Crippen molar-refractivity contribution in [3.63, 3.8) is 0 Å². The van der Waals surface area contributed by atoms with E-state index in [0.29, 0.717) is 17.9 Å². The second kappa shape index (κ2) is 9.61. The molecule has 1 N–H and O–H groups in total. The molecule has 0 radical (unpaired) electrons. The van der Waals surface area contributed by atoms with Gasteiger partial charge in [0, 0.05) is 18.0 Å². The summed E-state index contributed by atoms with van der Waals surface area (Å²) in [6.45, 7) is 5.74. The number of nitrogens with one attached hydrogen (secondary N) is 1. The Balaban J connectivity index is 2.34. The molecule has 126 valence electrons. The molecule has 6 nitrogen and oxygen atoms in total. The van der Waals surface area contributed by atoms with E-state index in [1.807, 2.05) is 20.8 Å². The van der Waals surface area contributed by atoms with Crippen molar-refractivity contribution in [3.8, 4) is 5.75 Å². The van der Waals surface area contributed by atoms with E-state index in [4.69, 9.17) is 9.47 Å². The smallest absolute Gasteiger partial charge is 0.306 e. The molecule has 1 rings (SSSR count). The first-order valence-corrected chi connectivity index (χ1v) is 7.63. The summed E-state index contributed by atoms with van der Waals surface area (Å²) >= 11 is 0. The number of carbonyl (C=O) groups is 3. The number of rotatable bonds is 9. The topological polar surface area (TPSA) is 81.7 Å². The van der Waals surface area contributed by atoms with Gasteiger partial charge in [-0.25, -0.2) is 0 Å². The van der Waals surface area contributed by atoms with Gasteiger partial charge in [0.05, 0.1) is 13.0 Å². The standard InChI is InChI=1S/C17H23NO5/c1-4-22-14-7-5-13(6-8-14)15(19)9-10-17(21)23-11-16(20)18-12(2)3/h5-8,12H,4,9-11H2,1-3H3,(H,18,20). The molecular formula is C17H23NO5. The molecule has 0 aliphatic carbocycles. The molecule has 0 bridgehead atoms. The van der Waals surface area contributed by atoms with Crippen LogP contribution in [0.15, 0.2) is 24.3 Å². The number of amides is 1. The summed E-state index contributed by atoms with van der Waals surface area (Å²) in [5.74, 6) is -0.384. The molecule has 0 unspecified atom stereocenters. The number of carbonyl (C=O) groups excluding carboxylic acids is 3. The van der Waals surface area contributed by atoms with E-state index < -0.39 is 5.97 Å². The average Bonchev–Trinajstić information content (AvgIpc) is 2.51. The number of ether oxygens (including phenoxy) is 2. The highest BCUT2D eigenvalue weighted by molar-refractivity contribution is 5.97. The Labute approximate surface area is 136 Å². The molecule has 0 atom stereocenters. The lowest BCUT2D eigenvalue weighted by Crippen LogP contribution is -2.34. The van der Waals surface area contributed by atoms with Crippen molar-refractivity contribution in [1.29, 1.82) is 0 Å². The van der Waals surface area contributed by atoms with Crippen LogP contribution in [0, 0.1) is 0 Å². The zero-order valence-electron chi connectivity index (χ0n) is 13.8. The van der Waals surface area contributed by atoms with Gasteiger partial charge in [-0.2, -0.15) is 0 Å². The first-order valence-electron chi connectivity index (χ1n) is 7.63.